The number of anilines is 1. The van der Waals surface area contributed by atoms with Crippen molar-refractivity contribution >= 4 is 38.7 Å². The fourth-order valence-electron chi connectivity index (χ4n) is 2.32. The van der Waals surface area contributed by atoms with E-state index < -0.39 is 15.9 Å². The van der Waals surface area contributed by atoms with Crippen LogP contribution in [0.2, 0.25) is 0 Å². The van der Waals surface area contributed by atoms with E-state index >= 15 is 0 Å². The number of thiophene rings is 1. The molecule has 0 unspecified atom stereocenters. The molecule has 0 radical (unpaired) electrons. The Kier molecular flexibility index (Phi) is 5.68. The predicted molar refractivity (Wildman–Crippen MR) is 108 cm³/mol. The first-order chi connectivity index (χ1) is 13.0. The Bertz CT molecular complexity index is 1060. The maximum absolute atomic E-state index is 12.5. The van der Waals surface area contributed by atoms with Crippen LogP contribution in [-0.4, -0.2) is 20.0 Å². The number of para-hydroxylation sites is 1. The van der Waals surface area contributed by atoms with Gasteiger partial charge in [-0.15, -0.1) is 11.3 Å². The van der Waals surface area contributed by atoms with Crippen LogP contribution in [0.15, 0.2) is 81.4 Å². The summed E-state index contributed by atoms with van der Waals surface area (Å²) in [6, 6.07) is 19.0. The van der Waals surface area contributed by atoms with E-state index in [1.165, 1.54) is 18.2 Å². The van der Waals surface area contributed by atoms with Crippen LogP contribution in [0.1, 0.15) is 22.8 Å². The van der Waals surface area contributed by atoms with Crippen molar-refractivity contribution in [3.8, 4) is 0 Å². The molecule has 3 aromatic rings. The van der Waals surface area contributed by atoms with E-state index in [1.54, 1.807) is 30.5 Å². The minimum Gasteiger partial charge on any atom is -0.278 e. The first-order valence-electron chi connectivity index (χ1n) is 8.03. The average molecular weight is 399 g/mol. The van der Waals surface area contributed by atoms with Gasteiger partial charge >= 0.3 is 0 Å². The molecule has 3 rings (SSSR count). The minimum atomic E-state index is -3.75. The minimum absolute atomic E-state index is 0.177. The first kappa shape index (κ1) is 18.8. The van der Waals surface area contributed by atoms with Crippen molar-refractivity contribution in [1.82, 2.24) is 5.43 Å². The normalized spacial score (nSPS) is 11.8. The van der Waals surface area contributed by atoms with Gasteiger partial charge in [-0.25, -0.2) is 13.8 Å². The molecule has 0 aliphatic heterocycles. The summed E-state index contributed by atoms with van der Waals surface area (Å²) in [6.45, 7) is 1.78. The largest absolute Gasteiger partial charge is 0.278 e. The topological polar surface area (TPSA) is 87.6 Å². The molecule has 8 heteroatoms. The zero-order chi connectivity index (χ0) is 19.3. The zero-order valence-corrected chi connectivity index (χ0v) is 16.0. The summed E-state index contributed by atoms with van der Waals surface area (Å²) in [5.74, 6) is -0.505. The number of hydrogen-bond donors (Lipinski definition) is 2. The van der Waals surface area contributed by atoms with Gasteiger partial charge in [0.15, 0.2) is 0 Å². The number of sulfonamides is 1. The monoisotopic (exact) mass is 399 g/mol. The maximum Gasteiger partial charge on any atom is 0.273 e. The van der Waals surface area contributed by atoms with Crippen molar-refractivity contribution < 1.29 is 13.2 Å². The third-order valence-electron chi connectivity index (χ3n) is 3.69. The molecule has 2 aromatic carbocycles. The summed E-state index contributed by atoms with van der Waals surface area (Å²) in [6.07, 6.45) is 0. The fraction of sp³-hybridized carbons (Fsp3) is 0.0526. The zero-order valence-electron chi connectivity index (χ0n) is 14.4. The van der Waals surface area contributed by atoms with Crippen LogP contribution in [-0.2, 0) is 10.0 Å². The number of carbonyl (C=O) groups excluding carboxylic acids is 1. The molecule has 0 aliphatic carbocycles. The molecule has 6 nitrogen and oxygen atoms in total. The summed E-state index contributed by atoms with van der Waals surface area (Å²) in [4.78, 5) is 12.5. The lowest BCUT2D eigenvalue weighted by atomic mass is 10.1. The van der Waals surface area contributed by atoms with E-state index in [4.69, 9.17) is 0 Å². The lowest BCUT2D eigenvalue weighted by Gasteiger charge is -2.11. The Labute approximate surface area is 161 Å². The highest BCUT2D eigenvalue weighted by Gasteiger charge is 2.19. The highest BCUT2D eigenvalue weighted by atomic mass is 32.2. The number of hydrazone groups is 1. The van der Waals surface area contributed by atoms with Gasteiger partial charge in [-0.2, -0.15) is 5.10 Å². The molecule has 1 heterocycles. The van der Waals surface area contributed by atoms with Crippen LogP contribution in [0, 0.1) is 0 Å². The van der Waals surface area contributed by atoms with Gasteiger partial charge in [-0.05, 0) is 36.1 Å². The molecule has 0 saturated heterocycles. The Morgan fingerprint density at radius 3 is 2.37 bits per heavy atom. The van der Waals surface area contributed by atoms with Gasteiger partial charge in [-0.3, -0.25) is 9.52 Å². The Hall–Kier alpha value is -2.97. The van der Waals surface area contributed by atoms with E-state index in [-0.39, 0.29) is 15.5 Å². The molecular weight excluding hydrogens is 382 g/mol. The summed E-state index contributed by atoms with van der Waals surface area (Å²) in [5, 5.41) is 5.77. The van der Waals surface area contributed by atoms with Crippen LogP contribution in [0.3, 0.4) is 0 Å². The van der Waals surface area contributed by atoms with Crippen LogP contribution < -0.4 is 10.1 Å². The second-order valence-electron chi connectivity index (χ2n) is 5.59. The summed E-state index contributed by atoms with van der Waals surface area (Å²) in [7, 11) is -3.75. The molecule has 138 valence electrons. The van der Waals surface area contributed by atoms with E-state index in [0.29, 0.717) is 5.71 Å². The van der Waals surface area contributed by atoms with Crippen molar-refractivity contribution in [2.75, 3.05) is 4.72 Å². The van der Waals surface area contributed by atoms with Crippen molar-refractivity contribution in [2.24, 2.45) is 5.10 Å². The molecule has 27 heavy (non-hydrogen) atoms. The lowest BCUT2D eigenvalue weighted by Crippen LogP contribution is -2.22. The molecule has 0 atom stereocenters. The lowest BCUT2D eigenvalue weighted by molar-refractivity contribution is 0.0955. The standard InChI is InChI=1S/C19H17N3O3S2/c1-14(15-8-3-2-4-9-15)20-21-19(23)16-10-5-6-11-17(16)22-27(24,25)18-12-7-13-26-18/h2-13,22H,1H3,(H,21,23)/b20-14-. The van der Waals surface area contributed by atoms with E-state index in [9.17, 15) is 13.2 Å². The van der Waals surface area contributed by atoms with Gasteiger partial charge in [0.1, 0.15) is 4.21 Å². The Balaban J connectivity index is 1.80. The van der Waals surface area contributed by atoms with E-state index in [0.717, 1.165) is 16.9 Å². The fourth-order valence-corrected chi connectivity index (χ4v) is 4.39. The molecule has 1 amide bonds. The second kappa shape index (κ2) is 8.15. The average Bonchev–Trinajstić information content (AvgIpc) is 3.22. The molecule has 0 spiro atoms. The number of hydrogen-bond acceptors (Lipinski definition) is 5. The van der Waals surface area contributed by atoms with Crippen LogP contribution in [0.4, 0.5) is 5.69 Å². The maximum atomic E-state index is 12.5. The number of benzene rings is 2. The number of nitrogens with one attached hydrogen (secondary N) is 2. The first-order valence-corrected chi connectivity index (χ1v) is 10.4. The van der Waals surface area contributed by atoms with Gasteiger partial charge in [0.25, 0.3) is 15.9 Å². The van der Waals surface area contributed by atoms with Crippen LogP contribution >= 0.6 is 11.3 Å². The summed E-state index contributed by atoms with van der Waals surface area (Å²) in [5.41, 5.74) is 4.37. The molecular formula is C19H17N3O3S2. The Morgan fingerprint density at radius 2 is 1.67 bits per heavy atom. The van der Waals surface area contributed by atoms with Gasteiger partial charge < -0.3 is 0 Å². The predicted octanol–water partition coefficient (Wildman–Crippen LogP) is 3.70. The van der Waals surface area contributed by atoms with Crippen molar-refractivity contribution in [2.45, 2.75) is 11.1 Å². The third kappa shape index (κ3) is 4.60. The summed E-state index contributed by atoms with van der Waals surface area (Å²) < 4.78 is 27.5. The van der Waals surface area contributed by atoms with Crippen LogP contribution in [0.25, 0.3) is 0 Å². The summed E-state index contributed by atoms with van der Waals surface area (Å²) >= 11 is 1.10. The number of amides is 1. The molecule has 0 bridgehead atoms. The smallest absolute Gasteiger partial charge is 0.273 e. The molecule has 1 aromatic heterocycles. The number of nitrogens with zero attached hydrogens (tertiary/aromatic N) is 1. The molecule has 0 aliphatic rings. The van der Waals surface area contributed by atoms with Crippen LogP contribution in [0.5, 0.6) is 0 Å². The van der Waals surface area contributed by atoms with Crippen molar-refractivity contribution in [1.29, 1.82) is 0 Å². The third-order valence-corrected chi connectivity index (χ3v) is 6.46. The quantitative estimate of drug-likeness (QED) is 0.489. The van der Waals surface area contributed by atoms with Crippen molar-refractivity contribution in [3.05, 3.63) is 83.2 Å². The van der Waals surface area contributed by atoms with Gasteiger partial charge in [0.2, 0.25) is 0 Å². The number of rotatable bonds is 6. The molecule has 2 N–H and O–H groups in total. The van der Waals surface area contributed by atoms with Gasteiger partial charge in [-0.1, -0.05) is 48.5 Å². The molecule has 0 saturated carbocycles. The highest BCUT2D eigenvalue weighted by molar-refractivity contribution is 7.94. The SMILES string of the molecule is C/C(=N/NC(=O)c1ccccc1NS(=O)(=O)c1cccs1)c1ccccc1. The number of carbonyl (C=O) groups is 1. The Morgan fingerprint density at radius 1 is 0.963 bits per heavy atom. The van der Waals surface area contributed by atoms with E-state index in [2.05, 4.69) is 15.2 Å². The molecule has 0 fully saturated rings. The van der Waals surface area contributed by atoms with E-state index in [1.807, 2.05) is 30.3 Å². The van der Waals surface area contributed by atoms with Crippen molar-refractivity contribution in [3.63, 3.8) is 0 Å². The van der Waals surface area contributed by atoms with Gasteiger partial charge in [0.05, 0.1) is 17.0 Å². The highest BCUT2D eigenvalue weighted by Crippen LogP contribution is 2.22. The second-order valence-corrected chi connectivity index (χ2v) is 8.44. The van der Waals surface area contributed by atoms with Gasteiger partial charge in [0, 0.05) is 0 Å².